The van der Waals surface area contributed by atoms with Crippen molar-refractivity contribution < 1.29 is 4.79 Å². The van der Waals surface area contributed by atoms with Crippen molar-refractivity contribution in [1.29, 1.82) is 0 Å². The van der Waals surface area contributed by atoms with Gasteiger partial charge in [-0.05, 0) is 55.6 Å². The molecule has 5 rings (SSSR count). The van der Waals surface area contributed by atoms with E-state index in [1.165, 1.54) is 31.2 Å². The lowest BCUT2D eigenvalue weighted by Gasteiger charge is -2.55. The highest BCUT2D eigenvalue weighted by Crippen LogP contribution is 2.44. The van der Waals surface area contributed by atoms with Gasteiger partial charge >= 0.3 is 0 Å². The third kappa shape index (κ3) is 3.37. The number of nitrogens with zero attached hydrogens (tertiary/aromatic N) is 4. The molecule has 3 aliphatic rings. The van der Waals surface area contributed by atoms with Gasteiger partial charge in [0.2, 0.25) is 5.91 Å². The minimum Gasteiger partial charge on any atom is -0.340 e. The highest BCUT2D eigenvalue weighted by Gasteiger charge is 2.45. The number of piperidine rings is 3. The van der Waals surface area contributed by atoms with Gasteiger partial charge < -0.3 is 4.90 Å². The highest BCUT2D eigenvalue weighted by atomic mass is 16.2. The zero-order valence-electron chi connectivity index (χ0n) is 16.7. The molecule has 28 heavy (non-hydrogen) atoms. The largest absolute Gasteiger partial charge is 0.340 e. The first kappa shape index (κ1) is 17.9. The van der Waals surface area contributed by atoms with Gasteiger partial charge in [0, 0.05) is 37.9 Å². The fourth-order valence-electron chi connectivity index (χ4n) is 5.84. The quantitative estimate of drug-likeness (QED) is 0.823. The predicted molar refractivity (Wildman–Crippen MR) is 109 cm³/mol. The molecule has 1 aromatic heterocycles. The van der Waals surface area contributed by atoms with Crippen LogP contribution in [0.4, 0.5) is 0 Å². The molecule has 3 saturated heterocycles. The number of aromatic nitrogens is 2. The fourth-order valence-corrected chi connectivity index (χ4v) is 5.84. The van der Waals surface area contributed by atoms with Crippen LogP contribution in [0.5, 0.6) is 0 Å². The lowest BCUT2D eigenvalue weighted by atomic mass is 9.74. The second-order valence-corrected chi connectivity index (χ2v) is 9.00. The SMILES string of the molecule is Cc1cnn(CC(=O)N2C[C@@H]3C[C@H](C2)[C@@H]2CCC[C@H](c4ccccc4)N2C3)c1. The maximum Gasteiger partial charge on any atom is 0.244 e. The van der Waals surface area contributed by atoms with Crippen molar-refractivity contribution in [2.45, 2.75) is 51.2 Å². The van der Waals surface area contributed by atoms with Crippen LogP contribution in [0.1, 0.15) is 42.9 Å². The van der Waals surface area contributed by atoms with Crippen LogP contribution in [0.15, 0.2) is 42.7 Å². The van der Waals surface area contributed by atoms with Crippen LogP contribution >= 0.6 is 0 Å². The molecule has 3 fully saturated rings. The number of hydrogen-bond acceptors (Lipinski definition) is 3. The lowest BCUT2D eigenvalue weighted by Crippen LogP contribution is -2.60. The van der Waals surface area contributed by atoms with Crippen LogP contribution in [-0.2, 0) is 11.3 Å². The van der Waals surface area contributed by atoms with Gasteiger partial charge in [-0.1, -0.05) is 30.3 Å². The van der Waals surface area contributed by atoms with Gasteiger partial charge in [0.25, 0.3) is 0 Å². The summed E-state index contributed by atoms with van der Waals surface area (Å²) >= 11 is 0. The van der Waals surface area contributed by atoms with E-state index in [0.717, 1.165) is 25.2 Å². The van der Waals surface area contributed by atoms with Crippen LogP contribution in [0.25, 0.3) is 0 Å². The summed E-state index contributed by atoms with van der Waals surface area (Å²) in [5.74, 6) is 1.44. The van der Waals surface area contributed by atoms with Crippen molar-refractivity contribution >= 4 is 5.91 Å². The Morgan fingerprint density at radius 1 is 1.14 bits per heavy atom. The van der Waals surface area contributed by atoms with Gasteiger partial charge in [0.15, 0.2) is 0 Å². The van der Waals surface area contributed by atoms with Gasteiger partial charge in [-0.2, -0.15) is 5.10 Å². The molecule has 0 aliphatic carbocycles. The number of likely N-dealkylation sites (tertiary alicyclic amines) is 1. The van der Waals surface area contributed by atoms with E-state index in [1.54, 1.807) is 4.68 Å². The molecule has 1 aromatic carbocycles. The van der Waals surface area contributed by atoms with Crippen LogP contribution in [-0.4, -0.2) is 51.2 Å². The van der Waals surface area contributed by atoms with Gasteiger partial charge in [0.05, 0.1) is 6.20 Å². The molecule has 0 N–H and O–H groups in total. The number of hydrogen-bond donors (Lipinski definition) is 0. The number of rotatable bonds is 3. The molecule has 0 saturated carbocycles. The number of fused-ring (bicyclic) bond motifs is 4. The van der Waals surface area contributed by atoms with Crippen LogP contribution < -0.4 is 0 Å². The van der Waals surface area contributed by atoms with E-state index in [0.29, 0.717) is 30.5 Å². The molecule has 0 unspecified atom stereocenters. The Morgan fingerprint density at radius 3 is 2.79 bits per heavy atom. The average molecular weight is 379 g/mol. The Bertz CT molecular complexity index is 832. The van der Waals surface area contributed by atoms with Crippen molar-refractivity contribution in [1.82, 2.24) is 19.6 Å². The second kappa shape index (κ2) is 7.36. The second-order valence-electron chi connectivity index (χ2n) is 9.00. The standard InChI is InChI=1S/C23H30N4O/c1-17-11-24-26(12-17)16-23(28)25-13-18-10-20(15-25)22-9-5-8-21(27(22)14-18)19-6-3-2-4-7-19/h2-4,6-7,11-12,18,20-22H,5,8-10,13-16H2,1H3/t18-,20+,21+,22-/m0/s1. The molecule has 5 heteroatoms. The molecule has 148 valence electrons. The zero-order valence-corrected chi connectivity index (χ0v) is 16.7. The Hall–Kier alpha value is -2.14. The Balaban J connectivity index is 1.30. The van der Waals surface area contributed by atoms with Crippen molar-refractivity contribution in [2.24, 2.45) is 11.8 Å². The van der Waals surface area contributed by atoms with E-state index in [1.807, 2.05) is 19.3 Å². The normalized spacial score (nSPS) is 30.1. The van der Waals surface area contributed by atoms with Crippen LogP contribution in [0.3, 0.4) is 0 Å². The smallest absolute Gasteiger partial charge is 0.244 e. The Kier molecular flexibility index (Phi) is 4.71. The van der Waals surface area contributed by atoms with Gasteiger partial charge in [-0.3, -0.25) is 14.4 Å². The number of carbonyl (C=O) groups excluding carboxylic acids is 1. The summed E-state index contributed by atoms with van der Waals surface area (Å²) in [6.45, 7) is 5.33. The maximum atomic E-state index is 12.9. The first-order valence-electron chi connectivity index (χ1n) is 10.7. The van der Waals surface area contributed by atoms with E-state index < -0.39 is 0 Å². The zero-order chi connectivity index (χ0) is 19.1. The molecular formula is C23H30N4O. The topological polar surface area (TPSA) is 41.4 Å². The van der Waals surface area contributed by atoms with E-state index in [4.69, 9.17) is 0 Å². The van der Waals surface area contributed by atoms with Crippen LogP contribution in [0, 0.1) is 18.8 Å². The van der Waals surface area contributed by atoms with Gasteiger partial charge in [-0.15, -0.1) is 0 Å². The minimum absolute atomic E-state index is 0.224. The number of carbonyl (C=O) groups is 1. The highest BCUT2D eigenvalue weighted by molar-refractivity contribution is 5.76. The van der Waals surface area contributed by atoms with E-state index in [-0.39, 0.29) is 5.91 Å². The summed E-state index contributed by atoms with van der Waals surface area (Å²) in [6, 6.07) is 12.2. The minimum atomic E-state index is 0.224. The van der Waals surface area contributed by atoms with Crippen molar-refractivity contribution in [3.63, 3.8) is 0 Å². The van der Waals surface area contributed by atoms with Gasteiger partial charge in [-0.25, -0.2) is 0 Å². The van der Waals surface area contributed by atoms with E-state index >= 15 is 0 Å². The molecule has 0 spiro atoms. The number of benzene rings is 1. The molecule has 2 bridgehead atoms. The molecular weight excluding hydrogens is 348 g/mol. The Labute approximate surface area is 167 Å². The summed E-state index contributed by atoms with van der Waals surface area (Å²) in [7, 11) is 0. The number of aryl methyl sites for hydroxylation is 1. The summed E-state index contributed by atoms with van der Waals surface area (Å²) in [4.78, 5) is 17.8. The fraction of sp³-hybridized carbons (Fsp3) is 0.565. The summed E-state index contributed by atoms with van der Waals surface area (Å²) < 4.78 is 1.78. The molecule has 0 radical (unpaired) electrons. The number of amides is 1. The van der Waals surface area contributed by atoms with E-state index in [2.05, 4.69) is 45.2 Å². The molecule has 1 amide bonds. The molecule has 5 nitrogen and oxygen atoms in total. The maximum absolute atomic E-state index is 12.9. The monoisotopic (exact) mass is 378 g/mol. The van der Waals surface area contributed by atoms with Crippen molar-refractivity contribution in [3.05, 3.63) is 53.9 Å². The average Bonchev–Trinajstić information content (AvgIpc) is 3.12. The summed E-state index contributed by atoms with van der Waals surface area (Å²) in [5.41, 5.74) is 2.57. The first-order valence-corrected chi connectivity index (χ1v) is 10.7. The third-order valence-electron chi connectivity index (χ3n) is 6.98. The van der Waals surface area contributed by atoms with E-state index in [9.17, 15) is 4.79 Å². The Morgan fingerprint density at radius 2 is 2.00 bits per heavy atom. The van der Waals surface area contributed by atoms with Gasteiger partial charge in [0.1, 0.15) is 6.54 Å². The predicted octanol–water partition coefficient (Wildman–Crippen LogP) is 3.27. The summed E-state index contributed by atoms with van der Waals surface area (Å²) in [5, 5.41) is 4.29. The third-order valence-corrected chi connectivity index (χ3v) is 6.98. The molecule has 4 atom stereocenters. The van der Waals surface area contributed by atoms with Crippen molar-refractivity contribution in [3.8, 4) is 0 Å². The summed E-state index contributed by atoms with van der Waals surface area (Å²) in [6.07, 6.45) is 8.90. The van der Waals surface area contributed by atoms with Crippen molar-refractivity contribution in [2.75, 3.05) is 19.6 Å². The lowest BCUT2D eigenvalue weighted by molar-refractivity contribution is -0.139. The molecule has 2 aromatic rings. The van der Waals surface area contributed by atoms with Crippen LogP contribution in [0.2, 0.25) is 0 Å². The molecule has 4 heterocycles. The first-order chi connectivity index (χ1) is 13.7. The molecule has 3 aliphatic heterocycles.